The molecule has 2 heteroatoms. The molecule has 1 heterocycles. The second-order valence-corrected chi connectivity index (χ2v) is 3.42. The molecule has 0 saturated carbocycles. The van der Waals surface area contributed by atoms with Gasteiger partial charge in [-0.1, -0.05) is 12.2 Å². The highest BCUT2D eigenvalue weighted by molar-refractivity contribution is 5.00. The molecule has 0 bridgehead atoms. The predicted molar refractivity (Wildman–Crippen MR) is 46.3 cm³/mol. The third-order valence-corrected chi connectivity index (χ3v) is 2.24. The summed E-state index contributed by atoms with van der Waals surface area (Å²) < 4.78 is 5.25. The van der Waals surface area contributed by atoms with Crippen LogP contribution in [0.25, 0.3) is 0 Å². The van der Waals surface area contributed by atoms with E-state index < -0.39 is 0 Å². The summed E-state index contributed by atoms with van der Waals surface area (Å²) in [4.78, 5) is 0. The SMILES string of the molecule is C=C(C)C(N)CC1CCOC1. The normalized spacial score (nSPS) is 26.9. The van der Waals surface area contributed by atoms with Crippen molar-refractivity contribution in [1.29, 1.82) is 0 Å². The Hall–Kier alpha value is -0.340. The quantitative estimate of drug-likeness (QED) is 0.624. The predicted octanol–water partition coefficient (Wildman–Crippen LogP) is 1.32. The molecule has 1 saturated heterocycles. The molecule has 0 aromatic heterocycles. The highest BCUT2D eigenvalue weighted by atomic mass is 16.5. The summed E-state index contributed by atoms with van der Waals surface area (Å²) >= 11 is 0. The number of nitrogens with two attached hydrogens (primary N) is 1. The van der Waals surface area contributed by atoms with E-state index in [1.165, 1.54) is 6.42 Å². The summed E-state index contributed by atoms with van der Waals surface area (Å²) in [7, 11) is 0. The Balaban J connectivity index is 2.23. The molecular weight excluding hydrogens is 138 g/mol. The molecule has 2 unspecified atom stereocenters. The smallest absolute Gasteiger partial charge is 0.0495 e. The molecule has 11 heavy (non-hydrogen) atoms. The van der Waals surface area contributed by atoms with Gasteiger partial charge in [0, 0.05) is 19.3 Å². The fraction of sp³-hybridized carbons (Fsp3) is 0.778. The van der Waals surface area contributed by atoms with Gasteiger partial charge in [-0.2, -0.15) is 0 Å². The number of hydrogen-bond donors (Lipinski definition) is 1. The van der Waals surface area contributed by atoms with E-state index in [4.69, 9.17) is 10.5 Å². The number of hydrogen-bond acceptors (Lipinski definition) is 2. The van der Waals surface area contributed by atoms with E-state index in [9.17, 15) is 0 Å². The van der Waals surface area contributed by atoms with Crippen LogP contribution in [-0.2, 0) is 4.74 Å². The minimum Gasteiger partial charge on any atom is -0.381 e. The standard InChI is InChI=1S/C9H17NO/c1-7(2)9(10)5-8-3-4-11-6-8/h8-9H,1,3-6,10H2,2H3. The maximum atomic E-state index is 5.84. The van der Waals surface area contributed by atoms with Gasteiger partial charge in [-0.3, -0.25) is 0 Å². The molecule has 1 aliphatic heterocycles. The van der Waals surface area contributed by atoms with Crippen molar-refractivity contribution in [2.75, 3.05) is 13.2 Å². The Morgan fingerprint density at radius 3 is 3.00 bits per heavy atom. The van der Waals surface area contributed by atoms with Crippen molar-refractivity contribution in [2.24, 2.45) is 11.7 Å². The molecule has 0 aromatic rings. The third-order valence-electron chi connectivity index (χ3n) is 2.24. The summed E-state index contributed by atoms with van der Waals surface area (Å²) in [5.41, 5.74) is 6.92. The Labute approximate surface area is 68.4 Å². The van der Waals surface area contributed by atoms with Crippen molar-refractivity contribution in [3.8, 4) is 0 Å². The van der Waals surface area contributed by atoms with Crippen molar-refractivity contribution in [1.82, 2.24) is 0 Å². The van der Waals surface area contributed by atoms with Gasteiger partial charge in [-0.25, -0.2) is 0 Å². The average molecular weight is 155 g/mol. The fourth-order valence-corrected chi connectivity index (χ4v) is 1.33. The van der Waals surface area contributed by atoms with Crippen LogP contribution >= 0.6 is 0 Å². The van der Waals surface area contributed by atoms with E-state index in [0.29, 0.717) is 5.92 Å². The summed E-state index contributed by atoms with van der Waals surface area (Å²) in [5, 5.41) is 0. The van der Waals surface area contributed by atoms with Crippen molar-refractivity contribution in [3.63, 3.8) is 0 Å². The van der Waals surface area contributed by atoms with E-state index in [-0.39, 0.29) is 6.04 Å². The van der Waals surface area contributed by atoms with Gasteiger partial charge < -0.3 is 10.5 Å². The van der Waals surface area contributed by atoms with Gasteiger partial charge in [-0.05, 0) is 25.7 Å². The van der Waals surface area contributed by atoms with Crippen molar-refractivity contribution >= 4 is 0 Å². The second kappa shape index (κ2) is 3.88. The maximum absolute atomic E-state index is 5.84. The summed E-state index contributed by atoms with van der Waals surface area (Å²) in [6.07, 6.45) is 2.20. The van der Waals surface area contributed by atoms with Crippen LogP contribution in [0.2, 0.25) is 0 Å². The summed E-state index contributed by atoms with van der Waals surface area (Å²) in [6, 6.07) is 0.168. The molecule has 1 rings (SSSR count). The first-order valence-electron chi connectivity index (χ1n) is 4.19. The van der Waals surface area contributed by atoms with Crippen LogP contribution < -0.4 is 5.73 Å². The lowest BCUT2D eigenvalue weighted by atomic mass is 9.96. The zero-order valence-corrected chi connectivity index (χ0v) is 7.18. The first-order valence-corrected chi connectivity index (χ1v) is 4.19. The van der Waals surface area contributed by atoms with Crippen LogP contribution in [0.3, 0.4) is 0 Å². The topological polar surface area (TPSA) is 35.2 Å². The fourth-order valence-electron chi connectivity index (χ4n) is 1.33. The van der Waals surface area contributed by atoms with E-state index in [1.54, 1.807) is 0 Å². The lowest BCUT2D eigenvalue weighted by Gasteiger charge is -2.14. The van der Waals surface area contributed by atoms with Crippen molar-refractivity contribution in [3.05, 3.63) is 12.2 Å². The van der Waals surface area contributed by atoms with Crippen LogP contribution in [0, 0.1) is 5.92 Å². The Morgan fingerprint density at radius 1 is 1.82 bits per heavy atom. The third kappa shape index (κ3) is 2.64. The van der Waals surface area contributed by atoms with Crippen molar-refractivity contribution in [2.45, 2.75) is 25.8 Å². The lowest BCUT2D eigenvalue weighted by Crippen LogP contribution is -2.24. The summed E-state index contributed by atoms with van der Waals surface area (Å²) in [5.74, 6) is 0.668. The highest BCUT2D eigenvalue weighted by Crippen LogP contribution is 2.19. The molecule has 0 spiro atoms. The Kier molecular flexibility index (Phi) is 3.09. The first kappa shape index (κ1) is 8.75. The molecule has 0 amide bonds. The second-order valence-electron chi connectivity index (χ2n) is 3.42. The van der Waals surface area contributed by atoms with Crippen LogP contribution in [0.1, 0.15) is 19.8 Å². The molecule has 2 atom stereocenters. The molecular formula is C9H17NO. The van der Waals surface area contributed by atoms with Gasteiger partial charge in [0.15, 0.2) is 0 Å². The largest absolute Gasteiger partial charge is 0.381 e. The molecule has 0 aromatic carbocycles. The van der Waals surface area contributed by atoms with Crippen molar-refractivity contribution < 1.29 is 4.74 Å². The van der Waals surface area contributed by atoms with E-state index in [2.05, 4.69) is 6.58 Å². The Morgan fingerprint density at radius 2 is 2.55 bits per heavy atom. The molecule has 2 N–H and O–H groups in total. The molecule has 1 fully saturated rings. The van der Waals surface area contributed by atoms with Gasteiger partial charge >= 0.3 is 0 Å². The van der Waals surface area contributed by atoms with E-state index in [0.717, 1.165) is 25.2 Å². The van der Waals surface area contributed by atoms with E-state index >= 15 is 0 Å². The van der Waals surface area contributed by atoms with Crippen LogP contribution in [0.15, 0.2) is 12.2 Å². The van der Waals surface area contributed by atoms with Gasteiger partial charge in [0.05, 0.1) is 0 Å². The number of rotatable bonds is 3. The summed E-state index contributed by atoms with van der Waals surface area (Å²) in [6.45, 7) is 7.62. The zero-order valence-electron chi connectivity index (χ0n) is 7.18. The Bertz CT molecular complexity index is 138. The van der Waals surface area contributed by atoms with Gasteiger partial charge in [0.25, 0.3) is 0 Å². The average Bonchev–Trinajstić information content (AvgIpc) is 2.39. The number of ether oxygens (including phenoxy) is 1. The van der Waals surface area contributed by atoms with Gasteiger partial charge in [0.2, 0.25) is 0 Å². The van der Waals surface area contributed by atoms with Crippen LogP contribution in [0.4, 0.5) is 0 Å². The van der Waals surface area contributed by atoms with Crippen LogP contribution in [-0.4, -0.2) is 19.3 Å². The molecule has 0 aliphatic carbocycles. The minimum atomic E-state index is 0.168. The minimum absolute atomic E-state index is 0.168. The van der Waals surface area contributed by atoms with Gasteiger partial charge in [-0.15, -0.1) is 0 Å². The maximum Gasteiger partial charge on any atom is 0.0495 e. The highest BCUT2D eigenvalue weighted by Gasteiger charge is 2.18. The lowest BCUT2D eigenvalue weighted by molar-refractivity contribution is 0.183. The first-order chi connectivity index (χ1) is 5.20. The monoisotopic (exact) mass is 155 g/mol. The van der Waals surface area contributed by atoms with Crippen LogP contribution in [0.5, 0.6) is 0 Å². The molecule has 1 aliphatic rings. The van der Waals surface area contributed by atoms with Gasteiger partial charge in [0.1, 0.15) is 0 Å². The molecule has 2 nitrogen and oxygen atoms in total. The molecule has 64 valence electrons. The molecule has 0 radical (unpaired) electrons. The zero-order chi connectivity index (χ0) is 8.27. The van der Waals surface area contributed by atoms with E-state index in [1.807, 2.05) is 6.92 Å².